The maximum Gasteiger partial charge on any atom is 0.344 e. The van der Waals surface area contributed by atoms with Crippen LogP contribution >= 0.6 is 67.8 Å². The highest BCUT2D eigenvalue weighted by Crippen LogP contribution is 2.34. The molecular formula is C24H9F4I3O7S. The molecule has 202 valence electrons. The lowest BCUT2D eigenvalue weighted by molar-refractivity contribution is 0.0681. The lowest BCUT2D eigenvalue weighted by atomic mass is 10.0. The van der Waals surface area contributed by atoms with Crippen LogP contribution < -0.4 is 9.47 Å². The number of esters is 2. The lowest BCUT2D eigenvalue weighted by Gasteiger charge is -2.14. The van der Waals surface area contributed by atoms with Gasteiger partial charge in [0.15, 0.2) is 22.3 Å². The van der Waals surface area contributed by atoms with Gasteiger partial charge in [-0.05, 0) is 103 Å². The summed E-state index contributed by atoms with van der Waals surface area (Å²) < 4.78 is 101. The maximum absolute atomic E-state index is 14.5. The summed E-state index contributed by atoms with van der Waals surface area (Å²) >= 11 is 5.96. The summed E-state index contributed by atoms with van der Waals surface area (Å²) in [6, 6.07) is 12.3. The van der Waals surface area contributed by atoms with Crippen LogP contribution in [0.4, 0.5) is 17.6 Å². The molecule has 7 nitrogen and oxygen atoms in total. The molecule has 4 rings (SSSR count). The Morgan fingerprint density at radius 1 is 0.692 bits per heavy atom. The largest absolute Gasteiger partial charge is 0.421 e. The molecule has 0 aliphatic heterocycles. The minimum Gasteiger partial charge on any atom is -0.421 e. The van der Waals surface area contributed by atoms with Crippen LogP contribution in [0.5, 0.6) is 11.5 Å². The minimum absolute atomic E-state index is 0.177. The molecule has 0 heterocycles. The van der Waals surface area contributed by atoms with Crippen molar-refractivity contribution in [3.63, 3.8) is 0 Å². The lowest BCUT2D eigenvalue weighted by Crippen LogP contribution is -2.20. The van der Waals surface area contributed by atoms with Crippen molar-refractivity contribution in [2.24, 2.45) is 0 Å². The van der Waals surface area contributed by atoms with E-state index < -0.39 is 67.1 Å². The van der Waals surface area contributed by atoms with Gasteiger partial charge in [0, 0.05) is 3.57 Å². The summed E-state index contributed by atoms with van der Waals surface area (Å²) in [7, 11) is -5.72. The Kier molecular flexibility index (Phi) is 8.74. The first-order valence-electron chi connectivity index (χ1n) is 10.2. The van der Waals surface area contributed by atoms with Crippen molar-refractivity contribution in [1.29, 1.82) is 0 Å². The highest BCUT2D eigenvalue weighted by molar-refractivity contribution is 14.1. The molecular weight excluding hydrogens is 889 g/mol. The first-order valence-corrected chi connectivity index (χ1v) is 14.8. The quantitative estimate of drug-likeness (QED) is 0.0581. The van der Waals surface area contributed by atoms with Gasteiger partial charge in [-0.3, -0.25) is 4.55 Å². The van der Waals surface area contributed by atoms with Crippen molar-refractivity contribution in [1.82, 2.24) is 0 Å². The maximum atomic E-state index is 14.5. The van der Waals surface area contributed by atoms with Gasteiger partial charge in [0.1, 0.15) is 0 Å². The van der Waals surface area contributed by atoms with Crippen molar-refractivity contribution in [2.45, 2.75) is 4.90 Å². The van der Waals surface area contributed by atoms with Crippen LogP contribution in [-0.4, -0.2) is 24.9 Å². The Labute approximate surface area is 258 Å². The highest BCUT2D eigenvalue weighted by Gasteiger charge is 2.35. The Hall–Kier alpha value is -2.10. The Balaban J connectivity index is 1.82. The summed E-state index contributed by atoms with van der Waals surface area (Å²) in [6.07, 6.45) is 0. The van der Waals surface area contributed by atoms with Crippen LogP contribution in [0.25, 0.3) is 10.8 Å². The first-order chi connectivity index (χ1) is 18.2. The van der Waals surface area contributed by atoms with Crippen molar-refractivity contribution in [3.05, 3.63) is 93.6 Å². The number of halogens is 7. The predicted octanol–water partition coefficient (Wildman–Crippen LogP) is 6.90. The summed E-state index contributed by atoms with van der Waals surface area (Å²) in [5.41, 5.74) is -0.979. The standard InChI is InChI=1S/C24H9F4I3O7S/c25-16-18(27)22(39(34,35)36)19(28)17(26)21(16)38-24(33)13-6-10-4-2-1-3-9(10)5-12(13)23(32)37-20-14(30)7-11(29)8-15(20)31/h1-8H,(H,34,35,36). The molecule has 0 aromatic heterocycles. The van der Waals surface area contributed by atoms with Crippen LogP contribution in [0.15, 0.2) is 53.4 Å². The van der Waals surface area contributed by atoms with E-state index in [1.807, 2.05) is 45.2 Å². The molecule has 0 radical (unpaired) electrons. The second kappa shape index (κ2) is 11.4. The van der Waals surface area contributed by atoms with Crippen molar-refractivity contribution >= 4 is 101 Å². The molecule has 0 aliphatic rings. The molecule has 4 aromatic rings. The van der Waals surface area contributed by atoms with E-state index in [2.05, 4.69) is 27.3 Å². The minimum atomic E-state index is -5.72. The third-order valence-corrected chi connectivity index (χ3v) is 8.22. The number of rotatable bonds is 5. The van der Waals surface area contributed by atoms with Crippen LogP contribution in [-0.2, 0) is 10.1 Å². The number of carbonyl (C=O) groups excluding carboxylic acids is 2. The molecule has 0 atom stereocenters. The van der Waals surface area contributed by atoms with E-state index in [0.29, 0.717) is 17.9 Å². The first kappa shape index (κ1) is 29.9. The van der Waals surface area contributed by atoms with Gasteiger partial charge >= 0.3 is 22.1 Å². The van der Waals surface area contributed by atoms with Gasteiger partial charge in [-0.25, -0.2) is 18.4 Å². The van der Waals surface area contributed by atoms with E-state index in [0.717, 1.165) is 9.64 Å². The Bertz CT molecular complexity index is 1760. The summed E-state index contributed by atoms with van der Waals surface area (Å²) in [5, 5.41) is 0.861. The Morgan fingerprint density at radius 3 is 1.51 bits per heavy atom. The number of hydrogen-bond donors (Lipinski definition) is 1. The molecule has 1 N–H and O–H groups in total. The average Bonchev–Trinajstić information content (AvgIpc) is 2.85. The second-order valence-electron chi connectivity index (χ2n) is 7.61. The topological polar surface area (TPSA) is 107 Å². The highest BCUT2D eigenvalue weighted by atomic mass is 127. The molecule has 0 spiro atoms. The van der Waals surface area contributed by atoms with Crippen molar-refractivity contribution in [3.8, 4) is 11.5 Å². The molecule has 0 unspecified atom stereocenters. The van der Waals surface area contributed by atoms with Gasteiger partial charge in [-0.1, -0.05) is 24.3 Å². The number of carbonyl (C=O) groups is 2. The van der Waals surface area contributed by atoms with Gasteiger partial charge in [0.05, 0.1) is 18.3 Å². The predicted molar refractivity (Wildman–Crippen MR) is 155 cm³/mol. The van der Waals surface area contributed by atoms with E-state index >= 15 is 0 Å². The smallest absolute Gasteiger partial charge is 0.344 e. The van der Waals surface area contributed by atoms with Crippen LogP contribution in [0.2, 0.25) is 0 Å². The number of fused-ring (bicyclic) bond motifs is 1. The van der Waals surface area contributed by atoms with Gasteiger partial charge < -0.3 is 9.47 Å². The number of ether oxygens (including phenoxy) is 2. The fraction of sp³-hybridized carbons (Fsp3) is 0. The van der Waals surface area contributed by atoms with Gasteiger partial charge in [0.25, 0.3) is 0 Å². The monoisotopic (exact) mass is 898 g/mol. The van der Waals surface area contributed by atoms with Crippen molar-refractivity contribution in [2.75, 3.05) is 0 Å². The Morgan fingerprint density at radius 2 is 1.10 bits per heavy atom. The van der Waals surface area contributed by atoms with E-state index in [-0.39, 0.29) is 5.75 Å². The van der Waals surface area contributed by atoms with Gasteiger partial charge in [-0.2, -0.15) is 17.2 Å². The third-order valence-electron chi connectivity index (χ3n) is 5.12. The molecule has 15 heteroatoms. The van der Waals surface area contributed by atoms with Gasteiger partial charge in [-0.15, -0.1) is 0 Å². The second-order valence-corrected chi connectivity index (χ2v) is 12.5. The van der Waals surface area contributed by atoms with Crippen LogP contribution in [0, 0.1) is 34.0 Å². The fourth-order valence-electron chi connectivity index (χ4n) is 3.41. The molecule has 0 amide bonds. The van der Waals surface area contributed by atoms with E-state index in [1.165, 1.54) is 6.07 Å². The zero-order valence-corrected chi connectivity index (χ0v) is 25.9. The van der Waals surface area contributed by atoms with Gasteiger partial charge in [0.2, 0.25) is 17.4 Å². The summed E-state index contributed by atoms with van der Waals surface area (Å²) in [4.78, 5) is 24.0. The molecule has 0 fully saturated rings. The van der Waals surface area contributed by atoms with E-state index in [4.69, 9.17) is 9.29 Å². The van der Waals surface area contributed by atoms with Crippen LogP contribution in [0.1, 0.15) is 20.7 Å². The average molecular weight is 898 g/mol. The summed E-state index contributed by atoms with van der Waals surface area (Å²) in [6.45, 7) is 0. The molecule has 39 heavy (non-hydrogen) atoms. The van der Waals surface area contributed by atoms with E-state index in [1.54, 1.807) is 36.4 Å². The molecule has 0 saturated heterocycles. The zero-order chi connectivity index (χ0) is 28.8. The normalized spacial score (nSPS) is 11.5. The summed E-state index contributed by atoms with van der Waals surface area (Å²) in [5.74, 6) is -14.2. The zero-order valence-electron chi connectivity index (χ0n) is 18.6. The molecule has 4 aromatic carbocycles. The molecule has 0 saturated carbocycles. The number of benzene rings is 4. The molecule has 0 bridgehead atoms. The SMILES string of the molecule is O=C(Oc1c(I)cc(I)cc1I)c1cc2ccccc2cc1C(=O)Oc1c(F)c(F)c(S(=O)(=O)O)c(F)c1F. The van der Waals surface area contributed by atoms with Crippen LogP contribution in [0.3, 0.4) is 0 Å². The van der Waals surface area contributed by atoms with Crippen molar-refractivity contribution < 1.29 is 49.6 Å². The number of hydrogen-bond acceptors (Lipinski definition) is 6. The molecule has 0 aliphatic carbocycles. The third kappa shape index (κ3) is 6.00. The fourth-order valence-corrected chi connectivity index (χ4v) is 7.84. The van der Waals surface area contributed by atoms with E-state index in [9.17, 15) is 35.6 Å².